The summed E-state index contributed by atoms with van der Waals surface area (Å²) in [4.78, 5) is 0. The molecule has 1 aromatic heterocycles. The number of aromatic nitrogens is 2. The third-order valence-corrected chi connectivity index (χ3v) is 3.45. The monoisotopic (exact) mass is 257 g/mol. The Bertz CT molecular complexity index is 523. The molecule has 0 saturated heterocycles. The van der Waals surface area contributed by atoms with Gasteiger partial charge in [-0.15, -0.1) is 0 Å². The van der Waals surface area contributed by atoms with Crippen LogP contribution in [0.1, 0.15) is 30.1 Å². The number of halogens is 1. The standard InChI is InChI=1S/C15H16FN3/c16-13-7-5-12(6-8-13)15(11-3-4-11)17-10-14-2-1-9-18-19-14/h1-2,5-9,11,15,17H,3-4,10H2. The maximum Gasteiger partial charge on any atom is 0.123 e. The molecule has 1 aliphatic carbocycles. The lowest BCUT2D eigenvalue weighted by Gasteiger charge is -2.18. The van der Waals surface area contributed by atoms with E-state index >= 15 is 0 Å². The lowest BCUT2D eigenvalue weighted by Crippen LogP contribution is -2.23. The van der Waals surface area contributed by atoms with Crippen molar-refractivity contribution >= 4 is 0 Å². The summed E-state index contributed by atoms with van der Waals surface area (Å²) in [5.41, 5.74) is 2.07. The first-order valence-corrected chi connectivity index (χ1v) is 6.58. The van der Waals surface area contributed by atoms with E-state index in [-0.39, 0.29) is 11.9 Å². The average molecular weight is 257 g/mol. The maximum atomic E-state index is 13.0. The second kappa shape index (κ2) is 5.45. The Hall–Kier alpha value is -1.81. The fourth-order valence-corrected chi connectivity index (χ4v) is 2.30. The Balaban J connectivity index is 1.69. The largest absolute Gasteiger partial charge is 0.304 e. The lowest BCUT2D eigenvalue weighted by molar-refractivity contribution is 0.474. The van der Waals surface area contributed by atoms with Crippen LogP contribution in [0.3, 0.4) is 0 Å². The summed E-state index contributed by atoms with van der Waals surface area (Å²) < 4.78 is 13.0. The van der Waals surface area contributed by atoms with E-state index in [9.17, 15) is 4.39 Å². The first kappa shape index (κ1) is 12.2. The molecule has 19 heavy (non-hydrogen) atoms. The Kier molecular flexibility index (Phi) is 3.51. The van der Waals surface area contributed by atoms with Gasteiger partial charge in [-0.25, -0.2) is 4.39 Å². The van der Waals surface area contributed by atoms with E-state index in [0.29, 0.717) is 12.5 Å². The minimum Gasteiger partial charge on any atom is -0.304 e. The second-order valence-corrected chi connectivity index (χ2v) is 4.96. The molecule has 1 N–H and O–H groups in total. The van der Waals surface area contributed by atoms with Crippen LogP contribution in [-0.2, 0) is 6.54 Å². The predicted molar refractivity (Wildman–Crippen MR) is 70.7 cm³/mol. The van der Waals surface area contributed by atoms with Crippen LogP contribution >= 0.6 is 0 Å². The van der Waals surface area contributed by atoms with Crippen molar-refractivity contribution in [2.24, 2.45) is 5.92 Å². The van der Waals surface area contributed by atoms with Gasteiger partial charge in [0.15, 0.2) is 0 Å². The van der Waals surface area contributed by atoms with Gasteiger partial charge in [0.05, 0.1) is 5.69 Å². The molecule has 2 aromatic rings. The molecule has 1 atom stereocenters. The zero-order valence-corrected chi connectivity index (χ0v) is 10.6. The second-order valence-electron chi connectivity index (χ2n) is 4.96. The van der Waals surface area contributed by atoms with Gasteiger partial charge in [0.25, 0.3) is 0 Å². The minimum atomic E-state index is -0.188. The predicted octanol–water partition coefficient (Wildman–Crippen LogP) is 2.86. The molecule has 1 fully saturated rings. The van der Waals surface area contributed by atoms with Crippen molar-refractivity contribution in [3.05, 3.63) is 59.7 Å². The van der Waals surface area contributed by atoms with E-state index < -0.39 is 0 Å². The van der Waals surface area contributed by atoms with Crippen LogP contribution in [-0.4, -0.2) is 10.2 Å². The number of hydrogen-bond donors (Lipinski definition) is 1. The van der Waals surface area contributed by atoms with Gasteiger partial charge < -0.3 is 5.32 Å². The Morgan fingerprint density at radius 1 is 1.21 bits per heavy atom. The van der Waals surface area contributed by atoms with Gasteiger partial charge in [-0.1, -0.05) is 12.1 Å². The minimum absolute atomic E-state index is 0.188. The van der Waals surface area contributed by atoms with Gasteiger partial charge in [0.1, 0.15) is 5.82 Å². The first-order valence-electron chi connectivity index (χ1n) is 6.58. The van der Waals surface area contributed by atoms with E-state index in [1.54, 1.807) is 6.20 Å². The van der Waals surface area contributed by atoms with Gasteiger partial charge in [-0.3, -0.25) is 0 Å². The highest BCUT2D eigenvalue weighted by Crippen LogP contribution is 2.41. The lowest BCUT2D eigenvalue weighted by atomic mass is 10.0. The van der Waals surface area contributed by atoms with Gasteiger partial charge in [0.2, 0.25) is 0 Å². The zero-order chi connectivity index (χ0) is 13.1. The van der Waals surface area contributed by atoms with Crippen molar-refractivity contribution in [2.75, 3.05) is 0 Å². The molecule has 3 nitrogen and oxygen atoms in total. The normalized spacial score (nSPS) is 16.3. The number of benzene rings is 1. The molecule has 0 spiro atoms. The summed E-state index contributed by atoms with van der Waals surface area (Å²) in [6.45, 7) is 0.687. The first-order chi connectivity index (χ1) is 9.33. The highest BCUT2D eigenvalue weighted by atomic mass is 19.1. The zero-order valence-electron chi connectivity index (χ0n) is 10.6. The van der Waals surface area contributed by atoms with Crippen LogP contribution in [0.15, 0.2) is 42.6 Å². The molecule has 1 aromatic carbocycles. The number of rotatable bonds is 5. The van der Waals surface area contributed by atoms with E-state index in [1.807, 2.05) is 24.3 Å². The van der Waals surface area contributed by atoms with Crippen LogP contribution in [0.25, 0.3) is 0 Å². The molecule has 1 aliphatic rings. The topological polar surface area (TPSA) is 37.8 Å². The average Bonchev–Trinajstić information content (AvgIpc) is 3.27. The fraction of sp³-hybridized carbons (Fsp3) is 0.333. The van der Waals surface area contributed by atoms with E-state index in [4.69, 9.17) is 0 Å². The summed E-state index contributed by atoms with van der Waals surface area (Å²) in [5.74, 6) is 0.467. The summed E-state index contributed by atoms with van der Waals surface area (Å²) in [6, 6.07) is 10.9. The van der Waals surface area contributed by atoms with Gasteiger partial charge in [-0.05, 0) is 48.6 Å². The van der Waals surface area contributed by atoms with Crippen LogP contribution in [0.4, 0.5) is 4.39 Å². The van der Waals surface area contributed by atoms with Crippen molar-refractivity contribution in [3.8, 4) is 0 Å². The van der Waals surface area contributed by atoms with Gasteiger partial charge in [-0.2, -0.15) is 10.2 Å². The summed E-state index contributed by atoms with van der Waals surface area (Å²) in [6.07, 6.45) is 4.13. The quantitative estimate of drug-likeness (QED) is 0.895. The third kappa shape index (κ3) is 3.15. The van der Waals surface area contributed by atoms with Crippen molar-refractivity contribution < 1.29 is 4.39 Å². The highest BCUT2D eigenvalue weighted by molar-refractivity contribution is 5.22. The van der Waals surface area contributed by atoms with Crippen molar-refractivity contribution in [2.45, 2.75) is 25.4 Å². The van der Waals surface area contributed by atoms with Crippen LogP contribution in [0.5, 0.6) is 0 Å². The van der Waals surface area contributed by atoms with Crippen LogP contribution in [0, 0.1) is 11.7 Å². The molecule has 3 rings (SSSR count). The molecule has 0 amide bonds. The Labute approximate surface area is 111 Å². The molecular formula is C15H16FN3. The van der Waals surface area contributed by atoms with E-state index in [2.05, 4.69) is 15.5 Å². The smallest absolute Gasteiger partial charge is 0.123 e. The highest BCUT2D eigenvalue weighted by Gasteiger charge is 2.31. The Morgan fingerprint density at radius 3 is 2.63 bits per heavy atom. The van der Waals surface area contributed by atoms with Crippen LogP contribution in [0.2, 0.25) is 0 Å². The summed E-state index contributed by atoms with van der Waals surface area (Å²) in [7, 11) is 0. The summed E-state index contributed by atoms with van der Waals surface area (Å²) in [5, 5.41) is 11.4. The van der Waals surface area contributed by atoms with E-state index in [1.165, 1.54) is 25.0 Å². The van der Waals surface area contributed by atoms with E-state index in [0.717, 1.165) is 11.3 Å². The third-order valence-electron chi connectivity index (χ3n) is 3.45. The molecule has 1 heterocycles. The SMILES string of the molecule is Fc1ccc(C(NCc2cccnn2)C2CC2)cc1. The van der Waals surface area contributed by atoms with Crippen molar-refractivity contribution in [1.29, 1.82) is 0 Å². The van der Waals surface area contributed by atoms with Crippen LogP contribution < -0.4 is 5.32 Å². The maximum absolute atomic E-state index is 13.0. The molecule has 0 radical (unpaired) electrons. The summed E-state index contributed by atoms with van der Waals surface area (Å²) >= 11 is 0. The van der Waals surface area contributed by atoms with Crippen molar-refractivity contribution in [1.82, 2.24) is 15.5 Å². The molecule has 1 saturated carbocycles. The van der Waals surface area contributed by atoms with Gasteiger partial charge >= 0.3 is 0 Å². The fourth-order valence-electron chi connectivity index (χ4n) is 2.30. The number of nitrogens with zero attached hydrogens (tertiary/aromatic N) is 2. The Morgan fingerprint density at radius 2 is 2.00 bits per heavy atom. The number of nitrogens with one attached hydrogen (secondary N) is 1. The molecular weight excluding hydrogens is 241 g/mol. The molecule has 1 unspecified atom stereocenters. The molecule has 0 bridgehead atoms. The molecule has 4 heteroatoms. The molecule has 0 aliphatic heterocycles. The number of hydrogen-bond acceptors (Lipinski definition) is 3. The van der Waals surface area contributed by atoms with Gasteiger partial charge in [0, 0.05) is 18.8 Å². The van der Waals surface area contributed by atoms with Crippen molar-refractivity contribution in [3.63, 3.8) is 0 Å². The molecule has 98 valence electrons.